The van der Waals surface area contributed by atoms with Crippen molar-refractivity contribution in [3.63, 3.8) is 0 Å². The summed E-state index contributed by atoms with van der Waals surface area (Å²) in [6.07, 6.45) is 2.70. The minimum atomic E-state index is -3.43. The van der Waals surface area contributed by atoms with E-state index < -0.39 is 10.0 Å². The van der Waals surface area contributed by atoms with Crippen LogP contribution in [0.1, 0.15) is 30.4 Å². The topological polar surface area (TPSA) is 87.2 Å². The summed E-state index contributed by atoms with van der Waals surface area (Å²) in [7, 11) is -3.43. The Kier molecular flexibility index (Phi) is 4.76. The first-order valence-electron chi connectivity index (χ1n) is 6.76. The highest BCUT2D eigenvalue weighted by Gasteiger charge is 2.31. The van der Waals surface area contributed by atoms with Gasteiger partial charge in [-0.15, -0.1) is 0 Å². The van der Waals surface area contributed by atoms with Gasteiger partial charge < -0.3 is 5.73 Å². The molecule has 1 atom stereocenters. The van der Waals surface area contributed by atoms with Crippen LogP contribution in [0.25, 0.3) is 0 Å². The Bertz CT molecular complexity index is 607. The van der Waals surface area contributed by atoms with Crippen LogP contribution in [0.3, 0.4) is 0 Å². The summed E-state index contributed by atoms with van der Waals surface area (Å²) in [6.45, 7) is 0.873. The Labute approximate surface area is 120 Å². The lowest BCUT2D eigenvalue weighted by atomic mass is 10.1. The summed E-state index contributed by atoms with van der Waals surface area (Å²) in [5, 5.41) is 9.05. The largest absolute Gasteiger partial charge is 0.329 e. The van der Waals surface area contributed by atoms with E-state index in [0.717, 1.165) is 19.3 Å². The van der Waals surface area contributed by atoms with Gasteiger partial charge in [0.2, 0.25) is 10.0 Å². The normalized spacial score (nSPS) is 20.5. The minimum absolute atomic E-state index is 0.108. The molecule has 6 heteroatoms. The predicted octanol–water partition coefficient (Wildman–Crippen LogP) is 1.20. The van der Waals surface area contributed by atoms with Crippen molar-refractivity contribution in [3.05, 3.63) is 35.4 Å². The predicted molar refractivity (Wildman–Crippen MR) is 77.2 cm³/mol. The molecule has 0 radical (unpaired) electrons. The van der Waals surface area contributed by atoms with Crippen molar-refractivity contribution in [1.82, 2.24) is 4.31 Å². The molecule has 1 saturated heterocycles. The van der Waals surface area contributed by atoms with Gasteiger partial charge in [-0.25, -0.2) is 8.42 Å². The zero-order valence-corrected chi connectivity index (χ0v) is 12.1. The van der Waals surface area contributed by atoms with Crippen molar-refractivity contribution in [1.29, 1.82) is 5.26 Å². The lowest BCUT2D eigenvalue weighted by Crippen LogP contribution is -2.47. The van der Waals surface area contributed by atoms with E-state index in [1.807, 2.05) is 6.07 Å². The molecular weight excluding hydrogens is 274 g/mol. The molecule has 2 N–H and O–H groups in total. The van der Waals surface area contributed by atoms with Gasteiger partial charge in [0.25, 0.3) is 0 Å². The van der Waals surface area contributed by atoms with Gasteiger partial charge in [-0.05, 0) is 24.5 Å². The molecule has 0 aliphatic carbocycles. The van der Waals surface area contributed by atoms with Gasteiger partial charge in [0, 0.05) is 19.1 Å². The Balaban J connectivity index is 2.24. The fraction of sp³-hybridized carbons (Fsp3) is 0.500. The van der Waals surface area contributed by atoms with Gasteiger partial charge in [-0.1, -0.05) is 24.6 Å². The van der Waals surface area contributed by atoms with Crippen molar-refractivity contribution in [3.8, 4) is 6.07 Å². The fourth-order valence-electron chi connectivity index (χ4n) is 2.61. The first kappa shape index (κ1) is 15.0. The second-order valence-electron chi connectivity index (χ2n) is 5.02. The Morgan fingerprint density at radius 2 is 2.10 bits per heavy atom. The first-order chi connectivity index (χ1) is 9.58. The van der Waals surface area contributed by atoms with Gasteiger partial charge in [-0.3, -0.25) is 0 Å². The minimum Gasteiger partial charge on any atom is -0.329 e. The van der Waals surface area contributed by atoms with Crippen LogP contribution in [0.15, 0.2) is 24.3 Å². The molecule has 108 valence electrons. The van der Waals surface area contributed by atoms with Crippen LogP contribution in [0.4, 0.5) is 0 Å². The van der Waals surface area contributed by atoms with Crippen molar-refractivity contribution in [2.24, 2.45) is 5.73 Å². The van der Waals surface area contributed by atoms with Crippen LogP contribution in [-0.2, 0) is 15.8 Å². The molecule has 0 saturated carbocycles. The molecule has 0 amide bonds. The average molecular weight is 293 g/mol. The average Bonchev–Trinajstić information content (AvgIpc) is 2.47. The lowest BCUT2D eigenvalue weighted by molar-refractivity contribution is 0.257. The summed E-state index contributed by atoms with van der Waals surface area (Å²) in [4.78, 5) is 0. The zero-order chi connectivity index (χ0) is 14.6. The molecule has 0 spiro atoms. The number of sulfonamides is 1. The number of nitrogens with two attached hydrogens (primary N) is 1. The third-order valence-electron chi connectivity index (χ3n) is 3.68. The van der Waals surface area contributed by atoms with Crippen molar-refractivity contribution >= 4 is 10.0 Å². The zero-order valence-electron chi connectivity index (χ0n) is 11.3. The van der Waals surface area contributed by atoms with Crippen LogP contribution in [0.2, 0.25) is 0 Å². The first-order valence-corrected chi connectivity index (χ1v) is 8.37. The number of rotatable bonds is 4. The number of nitrogens with zero attached hydrogens (tertiary/aromatic N) is 2. The third kappa shape index (κ3) is 3.18. The Hall–Kier alpha value is -1.42. The van der Waals surface area contributed by atoms with Gasteiger partial charge in [0.05, 0.1) is 17.4 Å². The molecule has 1 aliphatic rings. The second kappa shape index (κ2) is 6.35. The van der Waals surface area contributed by atoms with E-state index in [0.29, 0.717) is 24.2 Å². The van der Waals surface area contributed by atoms with Gasteiger partial charge >= 0.3 is 0 Å². The molecule has 1 unspecified atom stereocenters. The molecule has 20 heavy (non-hydrogen) atoms. The molecule has 2 rings (SSSR count). The highest BCUT2D eigenvalue weighted by Crippen LogP contribution is 2.23. The molecular formula is C14H19N3O2S. The molecule has 1 aromatic rings. The number of hydrogen-bond acceptors (Lipinski definition) is 4. The molecule has 1 fully saturated rings. The van der Waals surface area contributed by atoms with Crippen molar-refractivity contribution in [2.75, 3.05) is 13.1 Å². The third-order valence-corrected chi connectivity index (χ3v) is 5.55. The number of hydrogen-bond donors (Lipinski definition) is 1. The van der Waals surface area contributed by atoms with Crippen LogP contribution >= 0.6 is 0 Å². The summed E-state index contributed by atoms with van der Waals surface area (Å²) in [6, 6.07) is 8.75. The van der Waals surface area contributed by atoms with E-state index in [4.69, 9.17) is 11.0 Å². The van der Waals surface area contributed by atoms with Crippen LogP contribution in [0.5, 0.6) is 0 Å². The van der Waals surface area contributed by atoms with E-state index in [1.165, 1.54) is 4.31 Å². The standard InChI is InChI=1S/C14H19N3O2S/c15-9-12-5-1-2-6-13(12)11-20(18,19)17-8-4-3-7-14(17)10-16/h1-2,5-6,14H,3-4,7-8,10-11,16H2. The monoisotopic (exact) mass is 293 g/mol. The smallest absolute Gasteiger partial charge is 0.218 e. The number of nitriles is 1. The van der Waals surface area contributed by atoms with E-state index in [1.54, 1.807) is 24.3 Å². The van der Waals surface area contributed by atoms with Crippen LogP contribution in [-0.4, -0.2) is 31.9 Å². The molecule has 1 heterocycles. The highest BCUT2D eigenvalue weighted by molar-refractivity contribution is 7.88. The quantitative estimate of drug-likeness (QED) is 0.903. The summed E-state index contributed by atoms with van der Waals surface area (Å²) in [5.41, 5.74) is 6.65. The van der Waals surface area contributed by atoms with Crippen molar-refractivity contribution in [2.45, 2.75) is 31.1 Å². The molecule has 5 nitrogen and oxygen atoms in total. The Morgan fingerprint density at radius 3 is 2.80 bits per heavy atom. The van der Waals surface area contributed by atoms with E-state index in [-0.39, 0.29) is 11.8 Å². The van der Waals surface area contributed by atoms with Crippen LogP contribution < -0.4 is 5.73 Å². The van der Waals surface area contributed by atoms with Crippen LogP contribution in [0, 0.1) is 11.3 Å². The van der Waals surface area contributed by atoms with E-state index in [9.17, 15) is 8.42 Å². The summed E-state index contributed by atoms with van der Waals surface area (Å²) < 4.78 is 26.6. The lowest BCUT2D eigenvalue weighted by Gasteiger charge is -2.34. The number of benzene rings is 1. The van der Waals surface area contributed by atoms with Gasteiger partial charge in [0.1, 0.15) is 0 Å². The van der Waals surface area contributed by atoms with Gasteiger partial charge in [0.15, 0.2) is 0 Å². The maximum atomic E-state index is 12.6. The van der Waals surface area contributed by atoms with E-state index in [2.05, 4.69) is 0 Å². The second-order valence-corrected chi connectivity index (χ2v) is 6.94. The summed E-state index contributed by atoms with van der Waals surface area (Å²) in [5.74, 6) is -0.132. The number of piperidine rings is 1. The summed E-state index contributed by atoms with van der Waals surface area (Å²) >= 11 is 0. The molecule has 1 aliphatic heterocycles. The SMILES string of the molecule is N#Cc1ccccc1CS(=O)(=O)N1CCCCC1CN. The maximum Gasteiger partial charge on any atom is 0.218 e. The fourth-order valence-corrected chi connectivity index (χ4v) is 4.47. The van der Waals surface area contributed by atoms with Gasteiger partial charge in [-0.2, -0.15) is 9.57 Å². The highest BCUT2D eigenvalue weighted by atomic mass is 32.2. The Morgan fingerprint density at radius 1 is 1.35 bits per heavy atom. The molecule has 0 aromatic heterocycles. The molecule has 0 bridgehead atoms. The maximum absolute atomic E-state index is 12.6. The molecule has 1 aromatic carbocycles. The van der Waals surface area contributed by atoms with E-state index >= 15 is 0 Å². The van der Waals surface area contributed by atoms with Crippen molar-refractivity contribution < 1.29 is 8.42 Å².